The van der Waals surface area contributed by atoms with Gasteiger partial charge in [-0.25, -0.2) is 0 Å². The summed E-state index contributed by atoms with van der Waals surface area (Å²) in [6.07, 6.45) is 0.865. The van der Waals surface area contributed by atoms with Crippen molar-refractivity contribution in [1.29, 1.82) is 0 Å². The van der Waals surface area contributed by atoms with E-state index in [-0.39, 0.29) is 17.8 Å². The molecule has 1 unspecified atom stereocenters. The third-order valence-corrected chi connectivity index (χ3v) is 3.25. The molecule has 1 saturated heterocycles. The van der Waals surface area contributed by atoms with E-state index in [9.17, 15) is 4.79 Å². The first-order valence-corrected chi connectivity index (χ1v) is 6.60. The maximum absolute atomic E-state index is 12.5. The number of benzene rings is 1. The summed E-state index contributed by atoms with van der Waals surface area (Å²) < 4.78 is 5.53. The molecule has 1 amide bonds. The Morgan fingerprint density at radius 2 is 2.25 bits per heavy atom. The van der Waals surface area contributed by atoms with E-state index in [2.05, 4.69) is 5.16 Å². The highest BCUT2D eigenvalue weighted by atomic mass is 16.5. The zero-order valence-electron chi connectivity index (χ0n) is 11.5. The summed E-state index contributed by atoms with van der Waals surface area (Å²) in [7, 11) is 0. The average Bonchev–Trinajstić information content (AvgIpc) is 2.70. The lowest BCUT2D eigenvalue weighted by atomic mass is 10.1. The van der Waals surface area contributed by atoms with Crippen LogP contribution in [0.1, 0.15) is 29.3 Å². The minimum absolute atomic E-state index is 0.00721. The smallest absolute Gasteiger partial charge is 0.253 e. The maximum atomic E-state index is 12.5. The van der Waals surface area contributed by atoms with Crippen molar-refractivity contribution >= 4 is 11.7 Å². The van der Waals surface area contributed by atoms with Crippen molar-refractivity contribution in [1.82, 2.24) is 4.90 Å². The van der Waals surface area contributed by atoms with Crippen molar-refractivity contribution in [3.63, 3.8) is 0 Å². The minimum Gasteiger partial charge on any atom is -0.409 e. The molecule has 1 aliphatic heterocycles. The van der Waals surface area contributed by atoms with Crippen LogP contribution in [0.25, 0.3) is 0 Å². The van der Waals surface area contributed by atoms with Gasteiger partial charge in [0.1, 0.15) is 0 Å². The first kappa shape index (κ1) is 14.3. The molecule has 1 atom stereocenters. The Labute approximate surface area is 117 Å². The van der Waals surface area contributed by atoms with Crippen molar-refractivity contribution in [2.45, 2.75) is 19.4 Å². The predicted molar refractivity (Wildman–Crippen MR) is 74.9 cm³/mol. The van der Waals surface area contributed by atoms with Gasteiger partial charge >= 0.3 is 0 Å². The number of hydrogen-bond donors (Lipinski definition) is 2. The van der Waals surface area contributed by atoms with Crippen LogP contribution in [0.5, 0.6) is 0 Å². The lowest BCUT2D eigenvalue weighted by molar-refractivity contribution is 0.0562. The average molecular weight is 277 g/mol. The van der Waals surface area contributed by atoms with Gasteiger partial charge in [0.25, 0.3) is 5.91 Å². The maximum Gasteiger partial charge on any atom is 0.253 e. The molecular formula is C14H19N3O3. The zero-order chi connectivity index (χ0) is 14.5. The molecule has 0 bridgehead atoms. The molecule has 108 valence electrons. The van der Waals surface area contributed by atoms with Crippen molar-refractivity contribution < 1.29 is 14.7 Å². The molecule has 0 radical (unpaired) electrons. The molecule has 0 aliphatic carbocycles. The van der Waals surface area contributed by atoms with E-state index in [0.717, 1.165) is 6.42 Å². The van der Waals surface area contributed by atoms with Crippen LogP contribution < -0.4 is 5.73 Å². The number of ether oxygens (including phenoxy) is 1. The van der Waals surface area contributed by atoms with Gasteiger partial charge < -0.3 is 20.6 Å². The van der Waals surface area contributed by atoms with Crippen molar-refractivity contribution in [2.24, 2.45) is 10.9 Å². The highest BCUT2D eigenvalue weighted by Crippen LogP contribution is 2.12. The topological polar surface area (TPSA) is 88.2 Å². The molecule has 1 heterocycles. The number of rotatable bonds is 2. The van der Waals surface area contributed by atoms with Gasteiger partial charge in [0, 0.05) is 30.8 Å². The van der Waals surface area contributed by atoms with Gasteiger partial charge in [-0.3, -0.25) is 4.79 Å². The highest BCUT2D eigenvalue weighted by molar-refractivity contribution is 6.01. The summed E-state index contributed by atoms with van der Waals surface area (Å²) in [6.45, 7) is 3.89. The number of carbonyl (C=O) groups excluding carboxylic acids is 1. The van der Waals surface area contributed by atoms with E-state index in [1.54, 1.807) is 29.2 Å². The number of nitrogens with zero attached hydrogens (tertiary/aromatic N) is 2. The first-order chi connectivity index (χ1) is 9.61. The molecule has 3 N–H and O–H groups in total. The quantitative estimate of drug-likeness (QED) is 0.366. The van der Waals surface area contributed by atoms with Gasteiger partial charge in [-0.1, -0.05) is 17.3 Å². The number of oxime groups is 1. The van der Waals surface area contributed by atoms with Crippen LogP contribution in [0.15, 0.2) is 29.4 Å². The predicted octanol–water partition coefficient (Wildman–Crippen LogP) is 1.03. The van der Waals surface area contributed by atoms with E-state index < -0.39 is 0 Å². The first-order valence-electron chi connectivity index (χ1n) is 6.60. The summed E-state index contributed by atoms with van der Waals surface area (Å²) in [5.41, 5.74) is 6.60. The largest absolute Gasteiger partial charge is 0.409 e. The van der Waals surface area contributed by atoms with Crippen LogP contribution in [0, 0.1) is 0 Å². The normalized spacial score (nSPS) is 20.6. The fraction of sp³-hybridized carbons (Fsp3) is 0.429. The Balaban J connectivity index is 2.20. The number of amidine groups is 1. The summed E-state index contributed by atoms with van der Waals surface area (Å²) in [5, 5.41) is 11.6. The number of hydrogen-bond acceptors (Lipinski definition) is 4. The van der Waals surface area contributed by atoms with E-state index >= 15 is 0 Å². The zero-order valence-corrected chi connectivity index (χ0v) is 11.5. The second-order valence-corrected chi connectivity index (χ2v) is 4.85. The van der Waals surface area contributed by atoms with Crippen LogP contribution >= 0.6 is 0 Å². The Hall–Kier alpha value is -2.08. The molecule has 20 heavy (non-hydrogen) atoms. The van der Waals surface area contributed by atoms with E-state index in [1.807, 2.05) is 6.92 Å². The third kappa shape index (κ3) is 3.27. The second kappa shape index (κ2) is 6.38. The highest BCUT2D eigenvalue weighted by Gasteiger charge is 2.21. The lowest BCUT2D eigenvalue weighted by Crippen LogP contribution is -2.36. The lowest BCUT2D eigenvalue weighted by Gasteiger charge is -2.22. The van der Waals surface area contributed by atoms with Gasteiger partial charge in [0.15, 0.2) is 5.84 Å². The Kier molecular flexibility index (Phi) is 4.57. The fourth-order valence-corrected chi connectivity index (χ4v) is 2.23. The molecule has 1 aliphatic rings. The van der Waals surface area contributed by atoms with Crippen LogP contribution in [0.2, 0.25) is 0 Å². The van der Waals surface area contributed by atoms with Crippen molar-refractivity contribution in [2.75, 3.05) is 19.7 Å². The van der Waals surface area contributed by atoms with E-state index in [0.29, 0.717) is 30.8 Å². The Bertz CT molecular complexity index is 516. The third-order valence-electron chi connectivity index (χ3n) is 3.25. The minimum atomic E-state index is -0.0602. The number of amides is 1. The SMILES string of the molecule is CC1CN(C(=O)c2cccc(C(N)=NO)c2)CCCO1. The molecule has 0 aromatic heterocycles. The Morgan fingerprint density at radius 1 is 1.50 bits per heavy atom. The summed E-state index contributed by atoms with van der Waals surface area (Å²) in [6, 6.07) is 6.78. The molecule has 6 heteroatoms. The van der Waals surface area contributed by atoms with Crippen molar-refractivity contribution in [3.8, 4) is 0 Å². The van der Waals surface area contributed by atoms with Crippen LogP contribution in [0.4, 0.5) is 0 Å². The van der Waals surface area contributed by atoms with Gasteiger partial charge in [-0.05, 0) is 25.5 Å². The molecule has 0 spiro atoms. The monoisotopic (exact) mass is 277 g/mol. The Morgan fingerprint density at radius 3 is 3.00 bits per heavy atom. The molecule has 1 aromatic carbocycles. The second-order valence-electron chi connectivity index (χ2n) is 4.85. The summed E-state index contributed by atoms with van der Waals surface area (Å²) in [4.78, 5) is 14.3. The van der Waals surface area contributed by atoms with Crippen LogP contribution in [-0.4, -0.2) is 47.7 Å². The van der Waals surface area contributed by atoms with Gasteiger partial charge in [-0.2, -0.15) is 0 Å². The summed E-state index contributed by atoms with van der Waals surface area (Å²) in [5.74, 6) is -0.0674. The van der Waals surface area contributed by atoms with E-state index in [4.69, 9.17) is 15.7 Å². The molecule has 1 fully saturated rings. The van der Waals surface area contributed by atoms with Gasteiger partial charge in [-0.15, -0.1) is 0 Å². The van der Waals surface area contributed by atoms with Gasteiger partial charge in [0.05, 0.1) is 6.10 Å². The van der Waals surface area contributed by atoms with Gasteiger partial charge in [0.2, 0.25) is 0 Å². The standard InChI is InChI=1S/C14H19N3O3/c1-10-9-17(6-3-7-20-10)14(18)12-5-2-4-11(8-12)13(15)16-19/h2,4-5,8,10,19H,3,6-7,9H2,1H3,(H2,15,16). The number of carbonyl (C=O) groups is 1. The molecule has 6 nitrogen and oxygen atoms in total. The molecular weight excluding hydrogens is 258 g/mol. The van der Waals surface area contributed by atoms with Crippen LogP contribution in [0.3, 0.4) is 0 Å². The number of nitrogens with two attached hydrogens (primary N) is 1. The molecule has 0 saturated carbocycles. The van der Waals surface area contributed by atoms with Crippen molar-refractivity contribution in [3.05, 3.63) is 35.4 Å². The summed E-state index contributed by atoms with van der Waals surface area (Å²) >= 11 is 0. The molecule has 1 aromatic rings. The van der Waals surface area contributed by atoms with Crippen LogP contribution in [-0.2, 0) is 4.74 Å². The molecule has 2 rings (SSSR count). The van der Waals surface area contributed by atoms with E-state index in [1.165, 1.54) is 0 Å². The fourth-order valence-electron chi connectivity index (χ4n) is 2.23.